The molecule has 294 valence electrons. The fraction of sp³-hybridized carbons (Fsp3) is 0.294. The Bertz CT molecular complexity index is 2740. The van der Waals surface area contributed by atoms with E-state index in [0.717, 1.165) is 50.4 Å². The Kier molecular flexibility index (Phi) is 8.72. The smallest absolute Gasteiger partial charge is 0.184 e. The molecule has 57 heavy (non-hydrogen) atoms. The minimum Gasteiger partial charge on any atom is -0.509 e. The fourth-order valence-electron chi connectivity index (χ4n) is 8.69. The summed E-state index contributed by atoms with van der Waals surface area (Å²) in [6.07, 6.45) is 0.347. The second-order valence-corrected chi connectivity index (χ2v) is 18.8. The summed E-state index contributed by atoms with van der Waals surface area (Å²) in [7, 11) is 0. The molecule has 3 aliphatic rings. The van der Waals surface area contributed by atoms with Gasteiger partial charge in [0.05, 0.1) is 6.67 Å². The van der Waals surface area contributed by atoms with E-state index >= 15 is 0 Å². The summed E-state index contributed by atoms with van der Waals surface area (Å²) in [5, 5.41) is 2.21. The van der Waals surface area contributed by atoms with E-state index in [1.807, 2.05) is 36.5 Å². The van der Waals surface area contributed by atoms with Crippen LogP contribution in [0.5, 0.6) is 11.5 Å². The zero-order valence-electron chi connectivity index (χ0n) is 36.7. The van der Waals surface area contributed by atoms with E-state index in [0.29, 0.717) is 32.7 Å². The maximum absolute atomic E-state index is 9.01. The van der Waals surface area contributed by atoms with Crippen LogP contribution < -0.4 is 13.7 Å². The summed E-state index contributed by atoms with van der Waals surface area (Å²) < 4.78 is 27.8. The zero-order chi connectivity index (χ0) is 41.2. The average Bonchev–Trinajstić information content (AvgIpc) is 3.74. The molecule has 0 saturated carbocycles. The molecule has 1 fully saturated rings. The number of nitrogens with zero attached hydrogens (tertiary/aromatic N) is 4. The number of fused-ring (bicyclic) bond motifs is 3. The van der Waals surface area contributed by atoms with Crippen molar-refractivity contribution in [1.29, 1.82) is 0 Å². The van der Waals surface area contributed by atoms with Crippen LogP contribution in [0, 0.1) is 18.8 Å². The van der Waals surface area contributed by atoms with Gasteiger partial charge in [0.25, 0.3) is 0 Å². The van der Waals surface area contributed by atoms with Crippen molar-refractivity contribution >= 4 is 44.6 Å². The molecule has 6 heteroatoms. The quantitative estimate of drug-likeness (QED) is 0.123. The van der Waals surface area contributed by atoms with E-state index < -0.39 is 6.37 Å². The van der Waals surface area contributed by atoms with Crippen molar-refractivity contribution in [3.8, 4) is 17.3 Å². The van der Waals surface area contributed by atoms with Gasteiger partial charge in [-0.2, -0.15) is 12.1 Å². The molecule has 2 atom stereocenters. The third-order valence-electron chi connectivity index (χ3n) is 11.9. The molecule has 7 aromatic rings. The molecule has 0 amide bonds. The Morgan fingerprint density at radius 3 is 2.07 bits per heavy atom. The molecule has 10 rings (SSSR count). The van der Waals surface area contributed by atoms with Crippen LogP contribution in [0.3, 0.4) is 0 Å². The van der Waals surface area contributed by atoms with Gasteiger partial charge in [0.2, 0.25) is 0 Å². The van der Waals surface area contributed by atoms with Crippen LogP contribution in [0.25, 0.3) is 27.6 Å². The number of rotatable bonds is 6. The summed E-state index contributed by atoms with van der Waals surface area (Å²) in [6, 6.07) is 43.4. The summed E-state index contributed by atoms with van der Waals surface area (Å²) in [6.45, 7) is 25.0. The largest absolute Gasteiger partial charge is 0.509 e. The van der Waals surface area contributed by atoms with Crippen molar-refractivity contribution in [3.63, 3.8) is 0 Å². The van der Waals surface area contributed by atoms with Gasteiger partial charge >= 0.3 is 0 Å². The van der Waals surface area contributed by atoms with Crippen LogP contribution in [0.1, 0.15) is 94.2 Å². The minimum atomic E-state index is -1.54. The molecule has 0 N–H and O–H groups in total. The van der Waals surface area contributed by atoms with Crippen molar-refractivity contribution in [2.45, 2.75) is 91.9 Å². The second-order valence-electron chi connectivity index (χ2n) is 18.8. The van der Waals surface area contributed by atoms with Crippen LogP contribution in [0.15, 0.2) is 109 Å². The summed E-state index contributed by atoms with van der Waals surface area (Å²) >= 11 is 0. The number of ether oxygens (including phenoxy) is 1. The predicted molar refractivity (Wildman–Crippen MR) is 233 cm³/mol. The van der Waals surface area contributed by atoms with E-state index in [9.17, 15) is 0 Å². The standard InChI is InChI=1S/C51H53N4O.Pt/c1-11-34-16-14-21-46-48(34)55(39-27-36(50(5,6)7)26-37(28-39)51(8,9)10)32-54(46,33-55)38-17-15-18-40(30-38)56-41-22-23-43-42-19-12-13-20-44(42)53(45(43)31-41)47-29-35(24-25-52-47)49(2,3)4;/h12-29,32H,11,33H2,1-10H3;/q-1;/t54-,55+;/m1./s1/i11D2;. The van der Waals surface area contributed by atoms with Crippen LogP contribution in [-0.2, 0) is 43.7 Å². The van der Waals surface area contributed by atoms with Gasteiger partial charge in [0.15, 0.2) is 18.0 Å². The molecule has 0 radical (unpaired) electrons. The molecule has 0 unspecified atom stereocenters. The summed E-state index contributed by atoms with van der Waals surface area (Å²) in [5.74, 6) is 2.03. The average molecular weight is 935 g/mol. The SMILES string of the molecule is [2H]C([2H])(C)c1cccc2c1[N@@+]1(c3cc(C(C)(C)C)cc(C(C)(C)C)c3)[CH-][N@+]2(c2[c-]c(Oc3[c-]c4c(cc3)c3ccccc3n4-c3cc(C(C)(C)C)ccn3)ccc2)C1.[Pt]. The Balaban J connectivity index is 0.00000484. The molecule has 3 aliphatic heterocycles. The fourth-order valence-corrected chi connectivity index (χ4v) is 8.69. The molecule has 0 spiro atoms. The Morgan fingerprint density at radius 2 is 1.39 bits per heavy atom. The molecule has 5 nitrogen and oxygen atoms in total. The molecule has 5 heterocycles. The van der Waals surface area contributed by atoms with Crippen LogP contribution in [0.4, 0.5) is 22.7 Å². The Hall–Kier alpha value is -4.54. The van der Waals surface area contributed by atoms with Crippen LogP contribution in [-0.4, -0.2) is 16.2 Å². The predicted octanol–water partition coefficient (Wildman–Crippen LogP) is 13.4. The van der Waals surface area contributed by atoms with E-state index in [1.165, 1.54) is 16.7 Å². The number of benzene rings is 5. The molecule has 5 aromatic carbocycles. The van der Waals surface area contributed by atoms with Gasteiger partial charge in [-0.15, -0.1) is 29.7 Å². The first kappa shape index (κ1) is 36.8. The second kappa shape index (κ2) is 13.5. The number of aryl methyl sites for hydroxylation is 1. The van der Waals surface area contributed by atoms with E-state index in [1.54, 1.807) is 6.92 Å². The van der Waals surface area contributed by atoms with Crippen molar-refractivity contribution in [3.05, 3.63) is 150 Å². The first-order valence-corrected chi connectivity index (χ1v) is 19.8. The first-order chi connectivity index (χ1) is 27.2. The number of hydrogen-bond acceptors (Lipinski definition) is 2. The molecule has 2 aromatic heterocycles. The summed E-state index contributed by atoms with van der Waals surface area (Å²) in [5.41, 5.74) is 10.5. The van der Waals surface area contributed by atoms with Gasteiger partial charge in [-0.1, -0.05) is 117 Å². The normalized spacial score (nSPS) is 19.8. The van der Waals surface area contributed by atoms with Gasteiger partial charge in [0, 0.05) is 76.5 Å². The third-order valence-corrected chi connectivity index (χ3v) is 11.9. The Labute approximate surface area is 356 Å². The minimum absolute atomic E-state index is 0. The van der Waals surface area contributed by atoms with Gasteiger partial charge in [0.1, 0.15) is 11.5 Å². The van der Waals surface area contributed by atoms with Crippen molar-refractivity contribution in [2.75, 3.05) is 6.67 Å². The number of pyridine rings is 1. The van der Waals surface area contributed by atoms with E-state index in [2.05, 4.69) is 158 Å². The van der Waals surface area contributed by atoms with Gasteiger partial charge in [-0.05, 0) is 62.9 Å². The molecular weight excluding hydrogens is 880 g/mol. The monoisotopic (exact) mass is 934 g/mol. The number of para-hydroxylation sites is 2. The van der Waals surface area contributed by atoms with Crippen molar-refractivity contribution in [2.24, 2.45) is 0 Å². The summed E-state index contributed by atoms with van der Waals surface area (Å²) in [4.78, 5) is 4.84. The van der Waals surface area contributed by atoms with E-state index in [4.69, 9.17) is 12.5 Å². The first-order valence-electron chi connectivity index (χ1n) is 20.8. The third kappa shape index (κ3) is 6.29. The Morgan fingerprint density at radius 1 is 0.719 bits per heavy atom. The number of aromatic nitrogens is 2. The molecule has 1 saturated heterocycles. The number of quaternary nitrogens is 2. The molecule has 0 aliphatic carbocycles. The van der Waals surface area contributed by atoms with Gasteiger partial charge in [-0.25, -0.2) is 4.98 Å². The molecule has 2 bridgehead atoms. The van der Waals surface area contributed by atoms with Crippen molar-refractivity contribution in [1.82, 2.24) is 18.5 Å². The topological polar surface area (TPSA) is 27.1 Å². The maximum Gasteiger partial charge on any atom is 0.184 e. The van der Waals surface area contributed by atoms with Gasteiger partial charge in [-0.3, -0.25) is 4.48 Å². The number of hydrogen-bond donors (Lipinski definition) is 0. The van der Waals surface area contributed by atoms with E-state index in [-0.39, 0.29) is 37.3 Å². The molecular formula is C51H53N4OPt-. The van der Waals surface area contributed by atoms with Gasteiger partial charge < -0.3 is 13.8 Å². The van der Waals surface area contributed by atoms with Crippen LogP contribution >= 0.6 is 0 Å². The zero-order valence-corrected chi connectivity index (χ0v) is 37.0. The van der Waals surface area contributed by atoms with Crippen molar-refractivity contribution < 1.29 is 28.5 Å². The van der Waals surface area contributed by atoms with Crippen LogP contribution in [0.2, 0.25) is 0 Å². The maximum atomic E-state index is 9.01.